The number of imidazole rings is 1. The quantitative estimate of drug-likeness (QED) is 0.251. The lowest BCUT2D eigenvalue weighted by Crippen LogP contribution is -2.07. The van der Waals surface area contributed by atoms with Gasteiger partial charge in [0.15, 0.2) is 5.65 Å². The Balaban J connectivity index is 1.76. The maximum Gasteiger partial charge on any atom is 0.433 e. The molecule has 0 spiro atoms. The van der Waals surface area contributed by atoms with Crippen LogP contribution in [0.5, 0.6) is 0 Å². The van der Waals surface area contributed by atoms with Crippen molar-refractivity contribution < 1.29 is 17.6 Å². The predicted octanol–water partition coefficient (Wildman–Crippen LogP) is 5.61. The van der Waals surface area contributed by atoms with Gasteiger partial charge in [-0.25, -0.2) is 23.9 Å². The lowest BCUT2D eigenvalue weighted by molar-refractivity contribution is -0.141. The molecule has 0 radical (unpaired) electrons. The number of benzene rings is 1. The number of aryl methyl sites for hydroxylation is 1. The summed E-state index contributed by atoms with van der Waals surface area (Å²) in [7, 11) is 1.72. The van der Waals surface area contributed by atoms with E-state index in [0.717, 1.165) is 11.6 Å². The van der Waals surface area contributed by atoms with Crippen LogP contribution in [0, 0.1) is 5.82 Å². The van der Waals surface area contributed by atoms with Crippen LogP contribution in [0.3, 0.4) is 0 Å². The van der Waals surface area contributed by atoms with Crippen LogP contribution in [-0.4, -0.2) is 34.9 Å². The molecule has 168 valence electrons. The van der Waals surface area contributed by atoms with Gasteiger partial charge in [0.1, 0.15) is 22.4 Å². The number of pyridine rings is 1. The first-order chi connectivity index (χ1) is 15.8. The molecule has 0 unspecified atom stereocenters. The molecular formula is C22H16F4N6S. The Morgan fingerprint density at radius 1 is 1.06 bits per heavy atom. The van der Waals surface area contributed by atoms with E-state index >= 15 is 0 Å². The Kier molecular flexibility index (Phi) is 5.08. The van der Waals surface area contributed by atoms with E-state index in [1.165, 1.54) is 30.1 Å². The van der Waals surface area contributed by atoms with Crippen LogP contribution >= 0.6 is 11.8 Å². The summed E-state index contributed by atoms with van der Waals surface area (Å²) < 4.78 is 56.2. The van der Waals surface area contributed by atoms with Crippen LogP contribution in [0.25, 0.3) is 39.3 Å². The van der Waals surface area contributed by atoms with Crippen LogP contribution in [0.4, 0.5) is 17.6 Å². The number of alkyl halides is 3. The molecule has 0 amide bonds. The summed E-state index contributed by atoms with van der Waals surface area (Å²) in [5.41, 5.74) is 2.18. The fourth-order valence-corrected chi connectivity index (χ4v) is 4.41. The molecule has 5 aromatic rings. The zero-order valence-electron chi connectivity index (χ0n) is 17.4. The highest BCUT2D eigenvalue weighted by atomic mass is 32.2. The standard InChI is InChI=1S/C22H16F4N6S/c1-3-33-21-18(20-29-14-10-17(22(24,25)26)28-11-16(14)31(20)2)19-27-9-8-15(32(19)30-21)12-4-6-13(23)7-5-12/h4-11H,3H2,1-2H3. The molecule has 0 N–H and O–H groups in total. The summed E-state index contributed by atoms with van der Waals surface area (Å²) >= 11 is 1.47. The van der Waals surface area contributed by atoms with Crippen molar-refractivity contribution in [3.8, 4) is 22.6 Å². The molecule has 6 nitrogen and oxygen atoms in total. The van der Waals surface area contributed by atoms with Crippen LogP contribution in [-0.2, 0) is 13.2 Å². The Hall–Kier alpha value is -3.47. The number of aromatic nitrogens is 6. The SMILES string of the molecule is CCSc1nn2c(-c3ccc(F)cc3)ccnc2c1-c1nc2cc(C(F)(F)F)ncc2n1C. The third-order valence-corrected chi connectivity index (χ3v) is 6.04. The average Bonchev–Trinajstić information content (AvgIpc) is 3.30. The Morgan fingerprint density at radius 3 is 2.52 bits per heavy atom. The van der Waals surface area contributed by atoms with Crippen molar-refractivity contribution in [2.75, 3.05) is 5.75 Å². The monoisotopic (exact) mass is 472 g/mol. The smallest absolute Gasteiger partial charge is 0.326 e. The second-order valence-corrected chi connectivity index (χ2v) is 8.49. The number of fused-ring (bicyclic) bond motifs is 2. The molecule has 0 bridgehead atoms. The highest BCUT2D eigenvalue weighted by molar-refractivity contribution is 7.99. The molecule has 4 aromatic heterocycles. The van der Waals surface area contributed by atoms with Gasteiger partial charge in [-0.1, -0.05) is 6.92 Å². The Morgan fingerprint density at radius 2 is 1.82 bits per heavy atom. The van der Waals surface area contributed by atoms with Gasteiger partial charge in [-0.2, -0.15) is 18.3 Å². The zero-order valence-corrected chi connectivity index (χ0v) is 18.2. The lowest BCUT2D eigenvalue weighted by atomic mass is 10.1. The molecule has 0 saturated heterocycles. The Bertz CT molecular complexity index is 1490. The van der Waals surface area contributed by atoms with Crippen molar-refractivity contribution >= 4 is 28.4 Å². The molecule has 0 saturated carbocycles. The summed E-state index contributed by atoms with van der Waals surface area (Å²) in [6, 6.07) is 8.74. The van der Waals surface area contributed by atoms with E-state index in [1.54, 1.807) is 40.5 Å². The van der Waals surface area contributed by atoms with Crippen molar-refractivity contribution in [1.29, 1.82) is 0 Å². The normalized spacial score (nSPS) is 12.2. The summed E-state index contributed by atoms with van der Waals surface area (Å²) in [4.78, 5) is 12.6. The molecule has 0 aliphatic carbocycles. The van der Waals surface area contributed by atoms with Gasteiger partial charge in [0.05, 0.1) is 28.5 Å². The molecule has 11 heteroatoms. The Labute approximate surface area is 189 Å². The van der Waals surface area contributed by atoms with Gasteiger partial charge in [-0.05, 0) is 42.2 Å². The topological polar surface area (TPSA) is 60.9 Å². The molecule has 0 aliphatic rings. The van der Waals surface area contributed by atoms with Crippen LogP contribution in [0.2, 0.25) is 0 Å². The number of nitrogens with zero attached hydrogens (tertiary/aromatic N) is 6. The minimum Gasteiger partial charge on any atom is -0.326 e. The summed E-state index contributed by atoms with van der Waals surface area (Å²) in [6.45, 7) is 1.97. The maximum atomic E-state index is 13.4. The van der Waals surface area contributed by atoms with Crippen LogP contribution < -0.4 is 0 Å². The summed E-state index contributed by atoms with van der Waals surface area (Å²) in [5, 5.41) is 5.36. The minimum absolute atomic E-state index is 0.177. The molecule has 5 rings (SSSR count). The second kappa shape index (κ2) is 7.84. The van der Waals surface area contributed by atoms with Crippen molar-refractivity contribution in [3.05, 3.63) is 60.3 Å². The first-order valence-electron chi connectivity index (χ1n) is 9.94. The second-order valence-electron chi connectivity index (χ2n) is 7.24. The molecule has 0 atom stereocenters. The average molecular weight is 472 g/mol. The largest absolute Gasteiger partial charge is 0.433 e. The van der Waals surface area contributed by atoms with Crippen molar-refractivity contribution in [2.45, 2.75) is 18.1 Å². The highest BCUT2D eigenvalue weighted by Crippen LogP contribution is 2.37. The number of hydrogen-bond donors (Lipinski definition) is 0. The van der Waals surface area contributed by atoms with E-state index in [1.807, 2.05) is 6.92 Å². The number of hydrogen-bond acceptors (Lipinski definition) is 5. The number of halogens is 4. The van der Waals surface area contributed by atoms with Gasteiger partial charge in [-0.15, -0.1) is 11.8 Å². The lowest BCUT2D eigenvalue weighted by Gasteiger charge is -2.06. The minimum atomic E-state index is -4.56. The van der Waals surface area contributed by atoms with Crippen LogP contribution in [0.15, 0.2) is 53.8 Å². The first kappa shape index (κ1) is 21.4. The molecule has 1 aromatic carbocycles. The van der Waals surface area contributed by atoms with Gasteiger partial charge < -0.3 is 4.57 Å². The fraction of sp³-hybridized carbons (Fsp3) is 0.182. The molecule has 4 heterocycles. The highest BCUT2D eigenvalue weighted by Gasteiger charge is 2.33. The molecule has 0 fully saturated rings. The summed E-state index contributed by atoms with van der Waals surface area (Å²) in [6.07, 6.45) is -1.78. The molecular weight excluding hydrogens is 456 g/mol. The third-order valence-electron chi connectivity index (χ3n) is 5.19. The van der Waals surface area contributed by atoms with Gasteiger partial charge >= 0.3 is 6.18 Å². The van der Waals surface area contributed by atoms with E-state index in [0.29, 0.717) is 39.0 Å². The van der Waals surface area contributed by atoms with Crippen LogP contribution in [0.1, 0.15) is 12.6 Å². The van der Waals surface area contributed by atoms with E-state index in [9.17, 15) is 17.6 Å². The summed E-state index contributed by atoms with van der Waals surface area (Å²) in [5.74, 6) is 0.798. The van der Waals surface area contributed by atoms with E-state index in [-0.39, 0.29) is 11.3 Å². The van der Waals surface area contributed by atoms with E-state index in [4.69, 9.17) is 5.10 Å². The van der Waals surface area contributed by atoms with Gasteiger partial charge in [-0.3, -0.25) is 0 Å². The number of rotatable bonds is 4. The van der Waals surface area contributed by atoms with Gasteiger partial charge in [0.25, 0.3) is 0 Å². The first-order valence-corrected chi connectivity index (χ1v) is 10.9. The predicted molar refractivity (Wildman–Crippen MR) is 117 cm³/mol. The third kappa shape index (κ3) is 3.62. The zero-order chi connectivity index (χ0) is 23.3. The fourth-order valence-electron chi connectivity index (χ4n) is 3.67. The number of thioether (sulfide) groups is 1. The van der Waals surface area contributed by atoms with Crippen molar-refractivity contribution in [2.24, 2.45) is 7.05 Å². The van der Waals surface area contributed by atoms with E-state index in [2.05, 4.69) is 15.0 Å². The van der Waals surface area contributed by atoms with Gasteiger partial charge in [0.2, 0.25) is 0 Å². The molecule has 33 heavy (non-hydrogen) atoms. The maximum absolute atomic E-state index is 13.4. The van der Waals surface area contributed by atoms with Crippen molar-refractivity contribution in [3.63, 3.8) is 0 Å². The molecule has 0 aliphatic heterocycles. The van der Waals surface area contributed by atoms with Crippen molar-refractivity contribution in [1.82, 2.24) is 29.1 Å². The van der Waals surface area contributed by atoms with Gasteiger partial charge in [0, 0.05) is 18.8 Å². The van der Waals surface area contributed by atoms with E-state index < -0.39 is 11.9 Å².